The zero-order valence-electron chi connectivity index (χ0n) is 10.6. The zero-order chi connectivity index (χ0) is 12.5. The zero-order valence-corrected chi connectivity index (χ0v) is 10.6. The first-order chi connectivity index (χ1) is 8.36. The van der Waals surface area contributed by atoms with Gasteiger partial charge in [-0.3, -0.25) is 0 Å². The third kappa shape index (κ3) is 4.41. The maximum Gasteiger partial charge on any atom is -0.0150 e. The average molecular weight is 227 g/mol. The minimum Gasteiger partial charge on any atom is -0.333 e. The Morgan fingerprint density at radius 1 is 0.824 bits per heavy atom. The molecule has 2 aromatic carbocycles. The van der Waals surface area contributed by atoms with Crippen LogP contribution in [0.5, 0.6) is 0 Å². The Hall–Kier alpha value is -1.60. The molecule has 2 rings (SSSR count). The number of hydrogen-bond donors (Lipinski definition) is 1. The molecule has 0 spiro atoms. The first-order valence-electron chi connectivity index (χ1n) is 6.03. The molecular weight excluding hydrogens is 206 g/mol. The predicted molar refractivity (Wildman–Crippen MR) is 75.1 cm³/mol. The summed E-state index contributed by atoms with van der Waals surface area (Å²) in [5, 5.41) is 0. The largest absolute Gasteiger partial charge is 0.333 e. The van der Waals surface area contributed by atoms with Crippen molar-refractivity contribution in [3.63, 3.8) is 0 Å². The van der Waals surface area contributed by atoms with Crippen molar-refractivity contribution >= 4 is 0 Å². The van der Waals surface area contributed by atoms with Gasteiger partial charge >= 0.3 is 0 Å². The van der Waals surface area contributed by atoms with E-state index in [4.69, 9.17) is 0 Å². The highest BCUT2D eigenvalue weighted by atomic mass is 14.4. The van der Waals surface area contributed by atoms with Crippen LogP contribution in [0.15, 0.2) is 60.7 Å². The van der Waals surface area contributed by atoms with Gasteiger partial charge in [-0.1, -0.05) is 67.6 Å². The number of benzene rings is 2. The van der Waals surface area contributed by atoms with E-state index in [0.717, 1.165) is 6.42 Å². The molecule has 2 aromatic rings. The van der Waals surface area contributed by atoms with Crippen LogP contribution in [0.3, 0.4) is 0 Å². The summed E-state index contributed by atoms with van der Waals surface area (Å²) >= 11 is 0. The van der Waals surface area contributed by atoms with Gasteiger partial charge < -0.3 is 5.73 Å². The Morgan fingerprint density at radius 2 is 1.29 bits per heavy atom. The molecule has 0 saturated heterocycles. The summed E-state index contributed by atoms with van der Waals surface area (Å²) in [6.45, 7) is 2.28. The van der Waals surface area contributed by atoms with Crippen LogP contribution in [-0.4, -0.2) is 7.05 Å². The maximum atomic E-state index is 4.50. The lowest BCUT2D eigenvalue weighted by Gasteiger charge is -2.11. The van der Waals surface area contributed by atoms with Crippen molar-refractivity contribution in [2.24, 2.45) is 5.73 Å². The maximum absolute atomic E-state index is 4.50. The van der Waals surface area contributed by atoms with E-state index < -0.39 is 0 Å². The normalized spacial score (nSPS) is 11.2. The Bertz CT molecular complexity index is 394. The Morgan fingerprint density at radius 3 is 1.82 bits per heavy atom. The summed E-state index contributed by atoms with van der Waals surface area (Å²) in [6.07, 6.45) is 1.12. The molecule has 0 aliphatic heterocycles. The minimum atomic E-state index is 0.591. The van der Waals surface area contributed by atoms with E-state index in [0.29, 0.717) is 5.92 Å². The van der Waals surface area contributed by atoms with Crippen LogP contribution in [0.25, 0.3) is 0 Å². The van der Waals surface area contributed by atoms with E-state index in [-0.39, 0.29) is 0 Å². The molecule has 0 radical (unpaired) electrons. The molecule has 0 amide bonds. The van der Waals surface area contributed by atoms with Gasteiger partial charge in [-0.25, -0.2) is 0 Å². The fourth-order valence-corrected chi connectivity index (χ4v) is 1.87. The molecule has 17 heavy (non-hydrogen) atoms. The molecule has 1 heteroatoms. The lowest BCUT2D eigenvalue weighted by atomic mass is 9.94. The topological polar surface area (TPSA) is 26.0 Å². The SMILES string of the molecule is CC(Cc1ccccc1)c1ccccc1.CN. The Kier molecular flexibility index (Phi) is 6.05. The summed E-state index contributed by atoms with van der Waals surface area (Å²) in [5.74, 6) is 0.591. The number of hydrogen-bond acceptors (Lipinski definition) is 1. The van der Waals surface area contributed by atoms with Crippen LogP contribution >= 0.6 is 0 Å². The Balaban J connectivity index is 0.000000686. The molecule has 2 N–H and O–H groups in total. The van der Waals surface area contributed by atoms with Gasteiger partial charge in [0.1, 0.15) is 0 Å². The van der Waals surface area contributed by atoms with Gasteiger partial charge in [-0.15, -0.1) is 0 Å². The summed E-state index contributed by atoms with van der Waals surface area (Å²) in [4.78, 5) is 0. The van der Waals surface area contributed by atoms with Gasteiger partial charge in [0.15, 0.2) is 0 Å². The molecule has 0 saturated carbocycles. The molecule has 90 valence electrons. The lowest BCUT2D eigenvalue weighted by molar-refractivity contribution is 0.759. The van der Waals surface area contributed by atoms with E-state index in [1.807, 2.05) is 0 Å². The lowest BCUT2D eigenvalue weighted by Crippen LogP contribution is -1.97. The van der Waals surface area contributed by atoms with Crippen LogP contribution < -0.4 is 5.73 Å². The molecular formula is C16H21N. The highest BCUT2D eigenvalue weighted by Gasteiger charge is 2.04. The van der Waals surface area contributed by atoms with Gasteiger partial charge in [-0.2, -0.15) is 0 Å². The smallest absolute Gasteiger partial charge is 0.0150 e. The minimum absolute atomic E-state index is 0.591. The van der Waals surface area contributed by atoms with Crippen molar-refractivity contribution < 1.29 is 0 Å². The van der Waals surface area contributed by atoms with E-state index in [9.17, 15) is 0 Å². The highest BCUT2D eigenvalue weighted by Crippen LogP contribution is 2.19. The predicted octanol–water partition coefficient (Wildman–Crippen LogP) is 3.61. The summed E-state index contributed by atoms with van der Waals surface area (Å²) in [6, 6.07) is 21.4. The van der Waals surface area contributed by atoms with Gasteiger partial charge in [0, 0.05) is 0 Å². The second-order valence-corrected chi connectivity index (χ2v) is 4.00. The Labute approximate surface area is 104 Å². The highest BCUT2D eigenvalue weighted by molar-refractivity contribution is 5.23. The van der Waals surface area contributed by atoms with Crippen LogP contribution in [0.4, 0.5) is 0 Å². The average Bonchev–Trinajstić information content (AvgIpc) is 2.43. The van der Waals surface area contributed by atoms with Crippen molar-refractivity contribution in [1.82, 2.24) is 0 Å². The van der Waals surface area contributed by atoms with E-state index in [1.165, 1.54) is 18.2 Å². The molecule has 0 aliphatic carbocycles. The number of rotatable bonds is 3. The standard InChI is InChI=1S/C15H16.CH5N/c1-13(15-10-6-3-7-11-15)12-14-8-4-2-5-9-14;1-2/h2-11,13H,12H2,1H3;2H2,1H3. The van der Waals surface area contributed by atoms with Crippen molar-refractivity contribution in [2.75, 3.05) is 7.05 Å². The summed E-state index contributed by atoms with van der Waals surface area (Å²) < 4.78 is 0. The first-order valence-corrected chi connectivity index (χ1v) is 6.03. The van der Waals surface area contributed by atoms with Gasteiger partial charge in [0.05, 0.1) is 0 Å². The second kappa shape index (κ2) is 7.64. The first kappa shape index (κ1) is 13.5. The second-order valence-electron chi connectivity index (χ2n) is 4.00. The van der Waals surface area contributed by atoms with Crippen molar-refractivity contribution in [1.29, 1.82) is 0 Å². The molecule has 1 nitrogen and oxygen atoms in total. The summed E-state index contributed by atoms with van der Waals surface area (Å²) in [5.41, 5.74) is 7.33. The monoisotopic (exact) mass is 227 g/mol. The van der Waals surface area contributed by atoms with Crippen molar-refractivity contribution in [2.45, 2.75) is 19.3 Å². The molecule has 1 unspecified atom stereocenters. The third-order valence-electron chi connectivity index (χ3n) is 2.75. The van der Waals surface area contributed by atoms with Crippen LogP contribution in [-0.2, 0) is 6.42 Å². The van der Waals surface area contributed by atoms with E-state index in [2.05, 4.69) is 73.3 Å². The molecule has 0 heterocycles. The fraction of sp³-hybridized carbons (Fsp3) is 0.250. The molecule has 0 fully saturated rings. The van der Waals surface area contributed by atoms with Crippen molar-refractivity contribution in [3.8, 4) is 0 Å². The molecule has 0 aromatic heterocycles. The molecule has 0 bridgehead atoms. The van der Waals surface area contributed by atoms with Crippen molar-refractivity contribution in [3.05, 3.63) is 71.8 Å². The van der Waals surface area contributed by atoms with Crippen LogP contribution in [0, 0.1) is 0 Å². The van der Waals surface area contributed by atoms with Crippen LogP contribution in [0.1, 0.15) is 24.0 Å². The quantitative estimate of drug-likeness (QED) is 0.851. The number of nitrogens with two attached hydrogens (primary N) is 1. The van der Waals surface area contributed by atoms with Gasteiger partial charge in [0.25, 0.3) is 0 Å². The summed E-state index contributed by atoms with van der Waals surface area (Å²) in [7, 11) is 1.50. The van der Waals surface area contributed by atoms with E-state index in [1.54, 1.807) is 0 Å². The van der Waals surface area contributed by atoms with E-state index >= 15 is 0 Å². The third-order valence-corrected chi connectivity index (χ3v) is 2.75. The fourth-order valence-electron chi connectivity index (χ4n) is 1.87. The van der Waals surface area contributed by atoms with Crippen LogP contribution in [0.2, 0.25) is 0 Å². The van der Waals surface area contributed by atoms with Gasteiger partial charge in [-0.05, 0) is 30.5 Å². The molecule has 1 atom stereocenters. The van der Waals surface area contributed by atoms with Gasteiger partial charge in [0.2, 0.25) is 0 Å². The molecule has 0 aliphatic rings.